The van der Waals surface area contributed by atoms with Crippen LogP contribution in [0.1, 0.15) is 25.5 Å². The van der Waals surface area contributed by atoms with E-state index in [1.165, 1.54) is 0 Å². The smallest absolute Gasteiger partial charge is 0.144 e. The summed E-state index contributed by atoms with van der Waals surface area (Å²) in [6.45, 7) is 5.76. The maximum atomic E-state index is 5.27. The number of nitrogens with zero attached hydrogens (tertiary/aromatic N) is 4. The number of hydrogen-bond donors (Lipinski definition) is 0. The van der Waals surface area contributed by atoms with E-state index in [1.807, 2.05) is 29.9 Å². The number of para-hydroxylation sites is 2. The van der Waals surface area contributed by atoms with Crippen LogP contribution in [0.3, 0.4) is 0 Å². The van der Waals surface area contributed by atoms with Gasteiger partial charge in [-0.1, -0.05) is 26.0 Å². The van der Waals surface area contributed by atoms with E-state index < -0.39 is 0 Å². The summed E-state index contributed by atoms with van der Waals surface area (Å²) in [5, 5.41) is 4.61. The number of hydrogen-bond acceptors (Lipinski definition) is 3. The van der Waals surface area contributed by atoms with Gasteiger partial charge in [-0.3, -0.25) is 4.68 Å². The van der Waals surface area contributed by atoms with Gasteiger partial charge >= 0.3 is 0 Å². The lowest BCUT2D eigenvalue weighted by Crippen LogP contribution is -2.06. The molecule has 0 N–H and O–H groups in total. The van der Waals surface area contributed by atoms with Crippen LogP contribution >= 0.6 is 0 Å². The fourth-order valence-corrected chi connectivity index (χ4v) is 2.79. The Bertz CT molecular complexity index is 785. The number of imidazole rings is 1. The highest BCUT2D eigenvalue weighted by Crippen LogP contribution is 2.30. The molecular weight excluding hydrogens is 276 g/mol. The molecule has 5 heteroatoms. The van der Waals surface area contributed by atoms with Gasteiger partial charge in [-0.05, 0) is 18.1 Å². The van der Waals surface area contributed by atoms with Crippen molar-refractivity contribution < 1.29 is 4.74 Å². The summed E-state index contributed by atoms with van der Waals surface area (Å²) in [5.41, 5.74) is 4.32. The topological polar surface area (TPSA) is 44.9 Å². The van der Waals surface area contributed by atoms with Gasteiger partial charge in [0.15, 0.2) is 0 Å². The Labute approximate surface area is 130 Å². The first-order valence-corrected chi connectivity index (χ1v) is 7.60. The van der Waals surface area contributed by atoms with Crippen LogP contribution in [0.4, 0.5) is 0 Å². The van der Waals surface area contributed by atoms with Crippen molar-refractivity contribution in [1.82, 2.24) is 19.3 Å². The molecule has 3 rings (SSSR count). The van der Waals surface area contributed by atoms with Gasteiger partial charge in [0.2, 0.25) is 0 Å². The van der Waals surface area contributed by atoms with E-state index in [2.05, 4.69) is 35.8 Å². The number of benzene rings is 1. The molecule has 0 spiro atoms. The van der Waals surface area contributed by atoms with Crippen molar-refractivity contribution in [2.75, 3.05) is 13.7 Å². The lowest BCUT2D eigenvalue weighted by Gasteiger charge is -2.09. The molecule has 0 aliphatic rings. The maximum absolute atomic E-state index is 5.27. The van der Waals surface area contributed by atoms with Crippen molar-refractivity contribution in [3.05, 3.63) is 36.2 Å². The normalized spacial score (nSPS) is 11.7. The molecule has 0 aliphatic heterocycles. The van der Waals surface area contributed by atoms with Crippen molar-refractivity contribution in [3.63, 3.8) is 0 Å². The molecule has 0 unspecified atom stereocenters. The predicted molar refractivity (Wildman–Crippen MR) is 87.9 cm³/mol. The Morgan fingerprint density at radius 3 is 2.73 bits per heavy atom. The summed E-state index contributed by atoms with van der Waals surface area (Å²) in [5.74, 6) is 1.32. The fourth-order valence-electron chi connectivity index (χ4n) is 2.79. The minimum atomic E-state index is 0.354. The molecule has 2 aromatic heterocycles. The average Bonchev–Trinajstić information content (AvgIpc) is 3.05. The number of aromatic nitrogens is 4. The van der Waals surface area contributed by atoms with Crippen LogP contribution in [-0.2, 0) is 18.3 Å². The van der Waals surface area contributed by atoms with Gasteiger partial charge in [0, 0.05) is 26.9 Å². The first-order valence-electron chi connectivity index (χ1n) is 7.60. The number of rotatable bonds is 5. The van der Waals surface area contributed by atoms with Crippen LogP contribution in [0.25, 0.3) is 22.4 Å². The number of ether oxygens (including phenoxy) is 1. The molecule has 116 valence electrons. The Morgan fingerprint density at radius 1 is 1.23 bits per heavy atom. The Balaban J connectivity index is 2.21. The van der Waals surface area contributed by atoms with Crippen LogP contribution in [0.5, 0.6) is 0 Å². The Hall–Kier alpha value is -2.14. The number of methoxy groups -OCH3 is 1. The largest absolute Gasteiger partial charge is 0.383 e. The summed E-state index contributed by atoms with van der Waals surface area (Å²) in [7, 11) is 3.68. The van der Waals surface area contributed by atoms with Crippen LogP contribution in [0, 0.1) is 0 Å². The molecule has 0 saturated heterocycles. The van der Waals surface area contributed by atoms with Crippen molar-refractivity contribution in [1.29, 1.82) is 0 Å². The van der Waals surface area contributed by atoms with Crippen LogP contribution in [-0.4, -0.2) is 33.0 Å². The molecule has 0 aliphatic carbocycles. The third-order valence-corrected chi connectivity index (χ3v) is 3.82. The van der Waals surface area contributed by atoms with E-state index in [0.29, 0.717) is 12.5 Å². The van der Waals surface area contributed by atoms with Crippen LogP contribution in [0.15, 0.2) is 30.5 Å². The van der Waals surface area contributed by atoms with Gasteiger partial charge in [-0.25, -0.2) is 4.98 Å². The fraction of sp³-hybridized carbons (Fsp3) is 0.412. The van der Waals surface area contributed by atoms with E-state index in [9.17, 15) is 0 Å². The minimum absolute atomic E-state index is 0.354. The zero-order valence-corrected chi connectivity index (χ0v) is 13.6. The van der Waals surface area contributed by atoms with E-state index in [4.69, 9.17) is 9.72 Å². The second-order valence-corrected chi connectivity index (χ2v) is 5.82. The summed E-state index contributed by atoms with van der Waals surface area (Å²) in [4.78, 5) is 4.85. The van der Waals surface area contributed by atoms with E-state index in [0.717, 1.165) is 34.7 Å². The molecule has 0 fully saturated rings. The molecule has 3 aromatic rings. The highest BCUT2D eigenvalue weighted by Gasteiger charge is 2.19. The average molecular weight is 298 g/mol. The highest BCUT2D eigenvalue weighted by atomic mass is 16.5. The second kappa shape index (κ2) is 5.93. The van der Waals surface area contributed by atoms with E-state index in [-0.39, 0.29) is 0 Å². The van der Waals surface area contributed by atoms with Crippen LogP contribution in [0.2, 0.25) is 0 Å². The van der Waals surface area contributed by atoms with E-state index >= 15 is 0 Å². The quantitative estimate of drug-likeness (QED) is 0.726. The highest BCUT2D eigenvalue weighted by molar-refractivity contribution is 5.81. The van der Waals surface area contributed by atoms with Gasteiger partial charge in [-0.2, -0.15) is 5.10 Å². The van der Waals surface area contributed by atoms with Gasteiger partial charge in [0.1, 0.15) is 5.82 Å². The van der Waals surface area contributed by atoms with Gasteiger partial charge < -0.3 is 9.30 Å². The Kier molecular flexibility index (Phi) is 3.98. The van der Waals surface area contributed by atoms with Crippen molar-refractivity contribution in [2.24, 2.45) is 7.05 Å². The molecule has 0 atom stereocenters. The molecule has 5 nitrogen and oxygen atoms in total. The molecule has 0 radical (unpaired) electrons. The Morgan fingerprint density at radius 2 is 2.00 bits per heavy atom. The monoisotopic (exact) mass is 298 g/mol. The summed E-state index contributed by atoms with van der Waals surface area (Å²) in [6.07, 6.45) is 2.06. The molecule has 2 heterocycles. The lowest BCUT2D eigenvalue weighted by atomic mass is 10.1. The molecule has 22 heavy (non-hydrogen) atoms. The maximum Gasteiger partial charge on any atom is 0.144 e. The zero-order chi connectivity index (χ0) is 15.7. The third kappa shape index (κ3) is 2.52. The van der Waals surface area contributed by atoms with Crippen molar-refractivity contribution >= 4 is 11.0 Å². The van der Waals surface area contributed by atoms with Crippen LogP contribution < -0.4 is 0 Å². The van der Waals surface area contributed by atoms with Crippen molar-refractivity contribution in [3.8, 4) is 11.4 Å². The van der Waals surface area contributed by atoms with Gasteiger partial charge in [0.05, 0.1) is 28.9 Å². The summed E-state index contributed by atoms with van der Waals surface area (Å²) < 4.78 is 9.36. The molecule has 0 amide bonds. The third-order valence-electron chi connectivity index (χ3n) is 3.82. The number of aryl methyl sites for hydroxylation is 1. The van der Waals surface area contributed by atoms with Crippen molar-refractivity contribution in [2.45, 2.75) is 26.3 Å². The minimum Gasteiger partial charge on any atom is -0.383 e. The van der Waals surface area contributed by atoms with Gasteiger partial charge in [0.25, 0.3) is 0 Å². The summed E-state index contributed by atoms with van der Waals surface area (Å²) in [6, 6.07) is 8.22. The summed E-state index contributed by atoms with van der Waals surface area (Å²) >= 11 is 0. The number of fused-ring (bicyclic) bond motifs is 1. The zero-order valence-electron chi connectivity index (χ0n) is 13.6. The predicted octanol–water partition coefficient (Wildman–Crippen LogP) is 3.21. The van der Waals surface area contributed by atoms with E-state index in [1.54, 1.807) is 7.11 Å². The lowest BCUT2D eigenvalue weighted by molar-refractivity contribution is 0.188. The molecular formula is C17H22N4O. The SMILES string of the molecule is COCCn1c(-c2cn(C)nc2C(C)C)nc2ccccc21. The first kappa shape index (κ1) is 14.8. The standard InChI is InChI=1S/C17H22N4O/c1-12(2)16-13(11-20(3)19-16)17-18-14-7-5-6-8-15(14)21(17)9-10-22-4/h5-8,11-12H,9-10H2,1-4H3. The van der Waals surface area contributed by atoms with Gasteiger partial charge in [-0.15, -0.1) is 0 Å². The first-order chi connectivity index (χ1) is 10.6. The molecule has 0 saturated carbocycles. The molecule has 0 bridgehead atoms. The second-order valence-electron chi connectivity index (χ2n) is 5.82. The molecule has 1 aromatic carbocycles.